The summed E-state index contributed by atoms with van der Waals surface area (Å²) in [5.74, 6) is 0.765. The average Bonchev–Trinajstić information content (AvgIpc) is 2.30. The molecule has 0 spiro atoms. The van der Waals surface area contributed by atoms with Gasteiger partial charge in [-0.1, -0.05) is 36.7 Å². The van der Waals surface area contributed by atoms with Crippen LogP contribution in [0.4, 0.5) is 4.39 Å². The summed E-state index contributed by atoms with van der Waals surface area (Å²) in [5.41, 5.74) is 1.20. The summed E-state index contributed by atoms with van der Waals surface area (Å²) in [6, 6.07) is 6.72. The zero-order valence-electron chi connectivity index (χ0n) is 10.2. The number of rotatable bonds is 7. The molecule has 0 aliphatic carbocycles. The van der Waals surface area contributed by atoms with Crippen molar-refractivity contribution in [3.63, 3.8) is 0 Å². The number of hydrogen-bond acceptors (Lipinski definition) is 2. The van der Waals surface area contributed by atoms with Crippen molar-refractivity contribution in [1.82, 2.24) is 0 Å². The van der Waals surface area contributed by atoms with Gasteiger partial charge in [0, 0.05) is 12.7 Å². The second-order valence-electron chi connectivity index (χ2n) is 4.13. The fourth-order valence-corrected chi connectivity index (χ4v) is 2.29. The van der Waals surface area contributed by atoms with Crippen molar-refractivity contribution in [2.24, 2.45) is 0 Å². The van der Waals surface area contributed by atoms with E-state index in [1.807, 2.05) is 12.1 Å². The van der Waals surface area contributed by atoms with Crippen LogP contribution in [-0.4, -0.2) is 10.9 Å². The molecule has 0 heterocycles. The molecule has 0 atom stereocenters. The van der Waals surface area contributed by atoms with Gasteiger partial charge in [-0.2, -0.15) is 0 Å². The van der Waals surface area contributed by atoms with E-state index in [0.717, 1.165) is 25.0 Å². The van der Waals surface area contributed by atoms with Crippen molar-refractivity contribution < 1.29 is 9.18 Å². The lowest BCUT2D eigenvalue weighted by Crippen LogP contribution is -1.89. The lowest BCUT2D eigenvalue weighted by atomic mass is 10.1. The number of unbranched alkanes of at least 4 members (excludes halogenated alkanes) is 3. The molecule has 0 amide bonds. The molecular weight excluding hydrogens is 235 g/mol. The predicted octanol–water partition coefficient (Wildman–Crippen LogP) is 4.21. The highest BCUT2D eigenvalue weighted by Crippen LogP contribution is 2.11. The fraction of sp³-hybridized carbons (Fsp3) is 0.500. The minimum atomic E-state index is -0.171. The van der Waals surface area contributed by atoms with Crippen LogP contribution >= 0.6 is 11.8 Å². The number of halogens is 1. The molecule has 0 saturated heterocycles. The number of aryl methyl sites for hydroxylation is 1. The Morgan fingerprint density at radius 2 is 1.76 bits per heavy atom. The van der Waals surface area contributed by atoms with Gasteiger partial charge in [0.15, 0.2) is 5.12 Å². The molecule has 0 aliphatic heterocycles. The number of benzene rings is 1. The summed E-state index contributed by atoms with van der Waals surface area (Å²) < 4.78 is 12.6. The Kier molecular flexibility index (Phi) is 6.94. The van der Waals surface area contributed by atoms with Crippen LogP contribution < -0.4 is 0 Å². The quantitative estimate of drug-likeness (QED) is 0.678. The van der Waals surface area contributed by atoms with Gasteiger partial charge in [0.25, 0.3) is 0 Å². The van der Waals surface area contributed by atoms with Gasteiger partial charge in [-0.25, -0.2) is 4.39 Å². The van der Waals surface area contributed by atoms with Crippen molar-refractivity contribution in [1.29, 1.82) is 0 Å². The molecule has 1 nitrogen and oxygen atoms in total. The fourth-order valence-electron chi connectivity index (χ4n) is 1.65. The molecule has 17 heavy (non-hydrogen) atoms. The van der Waals surface area contributed by atoms with Gasteiger partial charge < -0.3 is 0 Å². The molecule has 0 aliphatic rings. The zero-order chi connectivity index (χ0) is 12.5. The highest BCUT2D eigenvalue weighted by atomic mass is 32.2. The minimum Gasteiger partial charge on any atom is -0.288 e. The van der Waals surface area contributed by atoms with E-state index in [0.29, 0.717) is 0 Å². The maximum Gasteiger partial charge on any atom is 0.185 e. The first-order valence-electron chi connectivity index (χ1n) is 6.06. The number of thioether (sulfide) groups is 1. The minimum absolute atomic E-state index is 0.171. The number of carbonyl (C=O) groups is 1. The van der Waals surface area contributed by atoms with E-state index in [1.165, 1.54) is 42.3 Å². The molecule has 0 bridgehead atoms. The lowest BCUT2D eigenvalue weighted by molar-refractivity contribution is -0.109. The monoisotopic (exact) mass is 254 g/mol. The molecule has 3 heteroatoms. The third-order valence-electron chi connectivity index (χ3n) is 2.58. The highest BCUT2D eigenvalue weighted by Gasteiger charge is 1.96. The Hall–Kier alpha value is -0.830. The van der Waals surface area contributed by atoms with Crippen molar-refractivity contribution in [2.45, 2.75) is 39.0 Å². The molecule has 1 aromatic carbocycles. The van der Waals surface area contributed by atoms with E-state index >= 15 is 0 Å². The normalized spacial score (nSPS) is 10.5. The zero-order valence-corrected chi connectivity index (χ0v) is 11.1. The molecule has 0 unspecified atom stereocenters. The molecule has 0 N–H and O–H groups in total. The molecule has 0 saturated carbocycles. The van der Waals surface area contributed by atoms with Crippen LogP contribution in [0.25, 0.3) is 0 Å². The first-order valence-corrected chi connectivity index (χ1v) is 7.05. The third-order valence-corrected chi connectivity index (χ3v) is 3.48. The second kappa shape index (κ2) is 8.29. The third kappa shape index (κ3) is 7.16. The largest absolute Gasteiger partial charge is 0.288 e. The van der Waals surface area contributed by atoms with E-state index in [1.54, 1.807) is 6.92 Å². The first kappa shape index (κ1) is 14.2. The maximum atomic E-state index is 12.6. The van der Waals surface area contributed by atoms with Gasteiger partial charge in [0.2, 0.25) is 0 Å². The van der Waals surface area contributed by atoms with Crippen LogP contribution in [0.5, 0.6) is 0 Å². The van der Waals surface area contributed by atoms with E-state index in [-0.39, 0.29) is 10.9 Å². The number of hydrogen-bond donors (Lipinski definition) is 0. The van der Waals surface area contributed by atoms with E-state index in [9.17, 15) is 9.18 Å². The molecule has 94 valence electrons. The SMILES string of the molecule is CC(=O)SCCCCCCc1ccc(F)cc1. The summed E-state index contributed by atoms with van der Waals surface area (Å²) in [5, 5.41) is 0.205. The second-order valence-corrected chi connectivity index (χ2v) is 5.40. The maximum absolute atomic E-state index is 12.6. The summed E-state index contributed by atoms with van der Waals surface area (Å²) in [6.07, 6.45) is 5.60. The van der Waals surface area contributed by atoms with Crippen molar-refractivity contribution in [3.05, 3.63) is 35.6 Å². The van der Waals surface area contributed by atoms with Crippen molar-refractivity contribution in [2.75, 3.05) is 5.75 Å². The van der Waals surface area contributed by atoms with E-state index < -0.39 is 0 Å². The standard InChI is InChI=1S/C14H19FOS/c1-12(16)17-11-5-3-2-4-6-13-7-9-14(15)10-8-13/h7-10H,2-6,11H2,1H3. The van der Waals surface area contributed by atoms with Crippen molar-refractivity contribution in [3.8, 4) is 0 Å². The topological polar surface area (TPSA) is 17.1 Å². The van der Waals surface area contributed by atoms with Gasteiger partial charge >= 0.3 is 0 Å². The lowest BCUT2D eigenvalue weighted by Gasteiger charge is -2.02. The smallest absolute Gasteiger partial charge is 0.185 e. The molecule has 1 rings (SSSR count). The molecule has 0 fully saturated rings. The molecular formula is C14H19FOS. The average molecular weight is 254 g/mol. The molecule has 1 aromatic rings. The van der Waals surface area contributed by atoms with Gasteiger partial charge in [-0.3, -0.25) is 4.79 Å². The Morgan fingerprint density at radius 3 is 2.41 bits per heavy atom. The van der Waals surface area contributed by atoms with Crippen molar-refractivity contribution >= 4 is 16.9 Å². The Morgan fingerprint density at radius 1 is 1.12 bits per heavy atom. The Labute approximate surface area is 107 Å². The van der Waals surface area contributed by atoms with Crippen LogP contribution in [0.15, 0.2) is 24.3 Å². The van der Waals surface area contributed by atoms with Crippen LogP contribution in [0, 0.1) is 5.82 Å². The van der Waals surface area contributed by atoms with Crippen LogP contribution in [0.2, 0.25) is 0 Å². The van der Waals surface area contributed by atoms with Gasteiger partial charge in [-0.05, 0) is 37.0 Å². The molecule has 0 aromatic heterocycles. The van der Waals surface area contributed by atoms with Gasteiger partial charge in [0.1, 0.15) is 5.82 Å². The van der Waals surface area contributed by atoms with Gasteiger partial charge in [-0.15, -0.1) is 0 Å². The van der Waals surface area contributed by atoms with E-state index in [4.69, 9.17) is 0 Å². The number of carbonyl (C=O) groups excluding carboxylic acids is 1. The Bertz CT molecular complexity index is 335. The summed E-state index contributed by atoms with van der Waals surface area (Å²) in [7, 11) is 0. The predicted molar refractivity (Wildman–Crippen MR) is 71.7 cm³/mol. The molecule has 0 radical (unpaired) electrons. The van der Waals surface area contributed by atoms with E-state index in [2.05, 4.69) is 0 Å². The highest BCUT2D eigenvalue weighted by molar-refractivity contribution is 8.13. The van der Waals surface area contributed by atoms with Crippen LogP contribution in [0.3, 0.4) is 0 Å². The first-order chi connectivity index (χ1) is 8.18. The summed E-state index contributed by atoms with van der Waals surface area (Å²) >= 11 is 1.41. The summed E-state index contributed by atoms with van der Waals surface area (Å²) in [4.78, 5) is 10.7. The summed E-state index contributed by atoms with van der Waals surface area (Å²) in [6.45, 7) is 1.61. The van der Waals surface area contributed by atoms with Gasteiger partial charge in [0.05, 0.1) is 0 Å². The van der Waals surface area contributed by atoms with Crippen LogP contribution in [0.1, 0.15) is 38.2 Å². The Balaban J connectivity index is 2.01. The van der Waals surface area contributed by atoms with Crippen LogP contribution in [-0.2, 0) is 11.2 Å².